The van der Waals surface area contributed by atoms with Gasteiger partial charge in [-0.15, -0.1) is 0 Å². The molecule has 0 atom stereocenters. The van der Waals surface area contributed by atoms with Gasteiger partial charge in [-0.25, -0.2) is 0 Å². The maximum atomic E-state index is 12.3. The van der Waals surface area contributed by atoms with Crippen molar-refractivity contribution in [2.75, 3.05) is 42.2 Å². The molecule has 0 bridgehead atoms. The van der Waals surface area contributed by atoms with Gasteiger partial charge < -0.3 is 20.7 Å². The minimum atomic E-state index is -1.88. The Morgan fingerprint density at radius 2 is 2.00 bits per heavy atom. The monoisotopic (exact) mass is 414 g/mol. The van der Waals surface area contributed by atoms with Crippen LogP contribution in [0.1, 0.15) is 49.1 Å². The molecule has 1 amide bonds. The van der Waals surface area contributed by atoms with Gasteiger partial charge in [0, 0.05) is 18.6 Å². The molecule has 8 heteroatoms. The van der Waals surface area contributed by atoms with Crippen LogP contribution < -0.4 is 20.7 Å². The zero-order valence-electron chi connectivity index (χ0n) is 21.1. The molecule has 2 aromatic rings. The summed E-state index contributed by atoms with van der Waals surface area (Å²) < 4.78 is 37.4. The Kier molecular flexibility index (Phi) is 4.93. The van der Waals surface area contributed by atoms with Gasteiger partial charge in [0.1, 0.15) is 5.69 Å². The first kappa shape index (κ1) is 15.9. The highest BCUT2D eigenvalue weighted by molar-refractivity contribution is 6.03. The third-order valence-corrected chi connectivity index (χ3v) is 5.03. The zero-order valence-corrected chi connectivity index (χ0v) is 17.1. The normalized spacial score (nSPS) is 21.8. The molecule has 1 saturated heterocycles. The van der Waals surface area contributed by atoms with Gasteiger partial charge >= 0.3 is 6.01 Å². The summed E-state index contributed by atoms with van der Waals surface area (Å²) in [6, 6.07) is 7.95. The molecule has 3 heterocycles. The Morgan fingerprint density at radius 1 is 1.23 bits per heavy atom. The molecule has 160 valence electrons. The molecule has 30 heavy (non-hydrogen) atoms. The molecule has 2 aliphatic heterocycles. The van der Waals surface area contributed by atoms with Crippen molar-refractivity contribution in [3.05, 3.63) is 35.4 Å². The molecular weight excluding hydrogens is 380 g/mol. The third kappa shape index (κ3) is 4.81. The second kappa shape index (κ2) is 9.30. The van der Waals surface area contributed by atoms with Gasteiger partial charge in [0.2, 0.25) is 5.91 Å². The van der Waals surface area contributed by atoms with Crippen LogP contribution in [-0.4, -0.2) is 47.0 Å². The summed E-state index contributed by atoms with van der Waals surface area (Å²) in [6.07, 6.45) is -1.92. The van der Waals surface area contributed by atoms with E-state index in [2.05, 4.69) is 22.2 Å². The maximum absolute atomic E-state index is 12.3. The highest BCUT2D eigenvalue weighted by Gasteiger charge is 2.27. The molecule has 0 spiro atoms. The molecule has 8 nitrogen and oxygen atoms in total. The number of amides is 1. The van der Waals surface area contributed by atoms with Gasteiger partial charge in [-0.3, -0.25) is 9.69 Å². The van der Waals surface area contributed by atoms with Crippen molar-refractivity contribution in [3.8, 4) is 6.01 Å². The van der Waals surface area contributed by atoms with Crippen molar-refractivity contribution in [3.63, 3.8) is 0 Å². The Labute approximate surface area is 183 Å². The number of benzene rings is 1. The number of unbranched alkanes of at least 4 members (excludes halogenated alkanes) is 1. The van der Waals surface area contributed by atoms with Gasteiger partial charge in [-0.05, 0) is 43.4 Å². The van der Waals surface area contributed by atoms with E-state index in [1.54, 1.807) is 4.90 Å². The number of nitrogens with two attached hydrogens (primary N) is 1. The number of carbonyl (C=O) groups excluding carboxylic acids is 1. The van der Waals surface area contributed by atoms with E-state index in [0.29, 0.717) is 31.2 Å². The Hall–Kier alpha value is -2.87. The minimum absolute atomic E-state index is 0.0426. The van der Waals surface area contributed by atoms with E-state index in [1.165, 1.54) is 0 Å². The lowest BCUT2D eigenvalue weighted by molar-refractivity contribution is -0.115. The van der Waals surface area contributed by atoms with Crippen molar-refractivity contribution >= 4 is 23.2 Å². The smallest absolute Gasteiger partial charge is 0.320 e. The van der Waals surface area contributed by atoms with E-state index in [4.69, 9.17) is 16.0 Å². The summed E-state index contributed by atoms with van der Waals surface area (Å²) in [5, 5.41) is 2.75. The number of nitrogens with one attached hydrogen (secondary N) is 1. The summed E-state index contributed by atoms with van der Waals surface area (Å²) >= 11 is 0. The fourth-order valence-electron chi connectivity index (χ4n) is 3.53. The summed E-state index contributed by atoms with van der Waals surface area (Å²) in [5.41, 5.74) is 8.34. The van der Waals surface area contributed by atoms with Crippen LogP contribution in [0.3, 0.4) is 0 Å². The van der Waals surface area contributed by atoms with E-state index >= 15 is 0 Å². The molecule has 1 fully saturated rings. The molecule has 0 saturated carbocycles. The van der Waals surface area contributed by atoms with Crippen LogP contribution in [0.4, 0.5) is 17.3 Å². The summed E-state index contributed by atoms with van der Waals surface area (Å²) in [5.74, 6) is 0.450. The SMILES string of the molecule is [2H]C1([2H])CN(Cc2cccc(CN3CC(=O)Nc4c(N)nc(OCCCC)nc43)c2)CC1([2H])[2H]. The molecule has 1 aromatic carbocycles. The van der Waals surface area contributed by atoms with E-state index in [-0.39, 0.29) is 37.4 Å². The van der Waals surface area contributed by atoms with Gasteiger partial charge in [0.15, 0.2) is 11.6 Å². The van der Waals surface area contributed by atoms with Gasteiger partial charge in [0.25, 0.3) is 0 Å². The lowest BCUT2D eigenvalue weighted by Crippen LogP contribution is -2.39. The van der Waals surface area contributed by atoms with Gasteiger partial charge in [0.05, 0.1) is 13.2 Å². The molecule has 1 aromatic heterocycles. The first-order valence-corrected chi connectivity index (χ1v) is 10.2. The van der Waals surface area contributed by atoms with Crippen molar-refractivity contribution in [2.45, 2.75) is 45.6 Å². The largest absolute Gasteiger partial charge is 0.463 e. The number of carbonyl (C=O) groups is 1. The van der Waals surface area contributed by atoms with E-state index in [1.807, 2.05) is 29.2 Å². The average Bonchev–Trinajstić information content (AvgIpc) is 2.95. The van der Waals surface area contributed by atoms with Crippen LogP contribution >= 0.6 is 0 Å². The average molecular weight is 415 g/mol. The number of aromatic nitrogens is 2. The van der Waals surface area contributed by atoms with E-state index < -0.39 is 12.7 Å². The topological polar surface area (TPSA) is 96.6 Å². The highest BCUT2D eigenvalue weighted by Crippen LogP contribution is 2.34. The molecule has 2 aliphatic rings. The molecule has 0 radical (unpaired) electrons. The second-order valence-electron chi connectivity index (χ2n) is 7.51. The standard InChI is InChI=1S/C22H30N6O2/c1-2-3-11-30-22-25-20(23)19-21(26-22)28(15-18(29)24-19)14-17-8-6-7-16(12-17)13-27-9-4-5-10-27/h6-8,12H,2-5,9-11,13-15H2,1H3,(H,24,29)(H2,23,25,26)/i4D2,5D2. The number of fused-ring (bicyclic) bond motifs is 1. The van der Waals surface area contributed by atoms with E-state index in [9.17, 15) is 4.79 Å². The van der Waals surface area contributed by atoms with E-state index in [0.717, 1.165) is 24.0 Å². The van der Waals surface area contributed by atoms with Crippen LogP contribution in [0, 0.1) is 0 Å². The Balaban J connectivity index is 1.52. The second-order valence-corrected chi connectivity index (χ2v) is 7.51. The quantitative estimate of drug-likeness (QED) is 0.641. The van der Waals surface area contributed by atoms with Crippen molar-refractivity contribution in [2.24, 2.45) is 0 Å². The summed E-state index contributed by atoms with van der Waals surface area (Å²) in [7, 11) is 0. The number of hydrogen-bond acceptors (Lipinski definition) is 7. The zero-order chi connectivity index (χ0) is 24.5. The van der Waals surface area contributed by atoms with Crippen LogP contribution in [0.15, 0.2) is 24.3 Å². The highest BCUT2D eigenvalue weighted by atomic mass is 16.5. The Bertz CT molecular complexity index is 1050. The number of anilines is 3. The molecule has 3 N–H and O–H groups in total. The number of likely N-dealkylation sites (tertiary alicyclic amines) is 1. The number of hydrogen-bond donors (Lipinski definition) is 2. The molecule has 4 rings (SSSR count). The Morgan fingerprint density at radius 3 is 2.77 bits per heavy atom. The van der Waals surface area contributed by atoms with Gasteiger partial charge in [-0.1, -0.05) is 37.6 Å². The molecule has 0 unspecified atom stereocenters. The van der Waals surface area contributed by atoms with Crippen molar-refractivity contribution in [1.82, 2.24) is 14.9 Å². The fraction of sp³-hybridized carbons (Fsp3) is 0.500. The maximum Gasteiger partial charge on any atom is 0.320 e. The van der Waals surface area contributed by atoms with Crippen LogP contribution in [0.5, 0.6) is 6.01 Å². The number of nitrogen functional groups attached to an aromatic ring is 1. The number of rotatable bonds is 8. The third-order valence-electron chi connectivity index (χ3n) is 5.03. The van der Waals surface area contributed by atoms with Crippen molar-refractivity contribution in [1.29, 1.82) is 0 Å². The van der Waals surface area contributed by atoms with Crippen LogP contribution in [-0.2, 0) is 17.9 Å². The molecule has 0 aliphatic carbocycles. The number of nitrogens with zero attached hydrogens (tertiary/aromatic N) is 4. The first-order valence-electron chi connectivity index (χ1n) is 12.2. The van der Waals surface area contributed by atoms with Gasteiger partial charge in [-0.2, -0.15) is 9.97 Å². The lowest BCUT2D eigenvalue weighted by Gasteiger charge is -2.30. The fourth-order valence-corrected chi connectivity index (χ4v) is 3.53. The van der Waals surface area contributed by atoms with Crippen molar-refractivity contribution < 1.29 is 15.0 Å². The predicted molar refractivity (Wildman–Crippen MR) is 117 cm³/mol. The minimum Gasteiger partial charge on any atom is -0.463 e. The molecular formula is C22H30N6O2. The van der Waals surface area contributed by atoms with Crippen LogP contribution in [0.2, 0.25) is 0 Å². The number of ether oxygens (including phenoxy) is 1. The summed E-state index contributed by atoms with van der Waals surface area (Å²) in [4.78, 5) is 24.6. The van der Waals surface area contributed by atoms with Crippen LogP contribution in [0.25, 0.3) is 0 Å². The lowest BCUT2D eigenvalue weighted by atomic mass is 10.1. The predicted octanol–water partition coefficient (Wildman–Crippen LogP) is 2.79. The first-order chi connectivity index (χ1) is 16.1. The summed E-state index contributed by atoms with van der Waals surface area (Å²) in [6.45, 7) is 3.58.